The lowest BCUT2D eigenvalue weighted by molar-refractivity contribution is -0.120. The second-order valence-corrected chi connectivity index (χ2v) is 7.96. The number of carbonyl (C=O) groups is 2. The van der Waals surface area contributed by atoms with E-state index in [1.165, 1.54) is 12.1 Å². The zero-order valence-corrected chi connectivity index (χ0v) is 18.0. The fourth-order valence-electron chi connectivity index (χ4n) is 3.54. The van der Waals surface area contributed by atoms with Crippen molar-refractivity contribution in [3.8, 4) is 0 Å². The van der Waals surface area contributed by atoms with Crippen LogP contribution in [0, 0.1) is 5.82 Å². The Kier molecular flexibility index (Phi) is 5.81. The van der Waals surface area contributed by atoms with E-state index in [4.69, 9.17) is 23.2 Å². The maximum atomic E-state index is 13.7. The summed E-state index contributed by atoms with van der Waals surface area (Å²) in [6, 6.07) is 20.1. The summed E-state index contributed by atoms with van der Waals surface area (Å²) in [7, 11) is 1.75. The van der Waals surface area contributed by atoms with E-state index in [-0.39, 0.29) is 22.0 Å². The summed E-state index contributed by atoms with van der Waals surface area (Å²) in [6.45, 7) is 0.421. The van der Waals surface area contributed by atoms with Crippen molar-refractivity contribution in [1.29, 1.82) is 0 Å². The fraction of sp³-hybridized carbons (Fsp3) is 0.0833. The number of halogens is 3. The molecule has 0 radical (unpaired) electrons. The van der Waals surface area contributed by atoms with E-state index < -0.39 is 17.6 Å². The molecule has 4 rings (SSSR count). The Balaban J connectivity index is 1.80. The molecule has 1 heterocycles. The molecular weight excluding hydrogens is 438 g/mol. The number of benzene rings is 3. The summed E-state index contributed by atoms with van der Waals surface area (Å²) in [5.41, 5.74) is 2.25. The second kappa shape index (κ2) is 8.53. The van der Waals surface area contributed by atoms with Crippen LogP contribution in [-0.2, 0) is 16.1 Å². The lowest BCUT2D eigenvalue weighted by atomic mass is 10.0. The molecule has 4 nitrogen and oxygen atoms in total. The molecule has 0 fully saturated rings. The third-order valence-electron chi connectivity index (χ3n) is 5.00. The number of imide groups is 1. The van der Waals surface area contributed by atoms with Gasteiger partial charge in [-0.25, -0.2) is 9.29 Å². The maximum absolute atomic E-state index is 13.7. The minimum Gasteiger partial charge on any atom is -0.365 e. The Labute approximate surface area is 189 Å². The van der Waals surface area contributed by atoms with Crippen LogP contribution >= 0.6 is 23.2 Å². The number of likely N-dealkylation sites (N-methyl/N-ethyl adjacent to an activating group) is 1. The smallest absolute Gasteiger partial charge is 0.282 e. The second-order valence-electron chi connectivity index (χ2n) is 7.12. The van der Waals surface area contributed by atoms with Crippen molar-refractivity contribution in [3.05, 3.63) is 105 Å². The number of hydrogen-bond donors (Lipinski definition) is 0. The van der Waals surface area contributed by atoms with E-state index in [1.807, 2.05) is 30.3 Å². The number of amides is 2. The molecule has 0 saturated heterocycles. The van der Waals surface area contributed by atoms with Gasteiger partial charge in [-0.05, 0) is 41.5 Å². The molecule has 0 saturated carbocycles. The molecule has 1 aliphatic rings. The van der Waals surface area contributed by atoms with Crippen molar-refractivity contribution >= 4 is 46.3 Å². The van der Waals surface area contributed by atoms with Crippen molar-refractivity contribution in [2.75, 3.05) is 11.9 Å². The molecule has 0 bridgehead atoms. The summed E-state index contributed by atoms with van der Waals surface area (Å²) in [4.78, 5) is 29.6. The van der Waals surface area contributed by atoms with Crippen LogP contribution in [0.3, 0.4) is 0 Å². The van der Waals surface area contributed by atoms with Gasteiger partial charge in [0.25, 0.3) is 11.8 Å². The van der Waals surface area contributed by atoms with Gasteiger partial charge in [0.05, 0.1) is 16.3 Å². The van der Waals surface area contributed by atoms with Crippen LogP contribution in [0.4, 0.5) is 10.1 Å². The lowest BCUT2D eigenvalue weighted by Gasteiger charge is -2.21. The average molecular weight is 455 g/mol. The molecule has 3 aromatic carbocycles. The Morgan fingerprint density at radius 1 is 0.903 bits per heavy atom. The lowest BCUT2D eigenvalue weighted by Crippen LogP contribution is -2.34. The van der Waals surface area contributed by atoms with Crippen molar-refractivity contribution in [2.45, 2.75) is 6.54 Å². The zero-order chi connectivity index (χ0) is 22.1. The van der Waals surface area contributed by atoms with Gasteiger partial charge in [0, 0.05) is 18.6 Å². The van der Waals surface area contributed by atoms with Crippen LogP contribution in [-0.4, -0.2) is 23.8 Å². The summed E-state index contributed by atoms with van der Waals surface area (Å²) in [5.74, 6) is -1.64. The first-order valence-corrected chi connectivity index (χ1v) is 10.2. The van der Waals surface area contributed by atoms with Crippen molar-refractivity contribution < 1.29 is 14.0 Å². The van der Waals surface area contributed by atoms with Gasteiger partial charge < -0.3 is 4.90 Å². The minimum atomic E-state index is -0.628. The normalized spacial score (nSPS) is 13.9. The molecule has 0 aromatic heterocycles. The SMILES string of the molecule is CN(Cc1ccccc1)C1=C(c2ccc(Cl)cc2)C(=O)N(c2ccc(F)c(Cl)c2)C1=O. The van der Waals surface area contributed by atoms with Gasteiger partial charge in [0.1, 0.15) is 11.5 Å². The first-order chi connectivity index (χ1) is 14.9. The zero-order valence-electron chi connectivity index (χ0n) is 16.5. The topological polar surface area (TPSA) is 40.6 Å². The Morgan fingerprint density at radius 2 is 1.58 bits per heavy atom. The Morgan fingerprint density at radius 3 is 2.23 bits per heavy atom. The molecule has 0 N–H and O–H groups in total. The molecule has 7 heteroatoms. The molecule has 0 unspecified atom stereocenters. The standard InChI is InChI=1S/C24H17Cl2FN2O2/c1-28(14-15-5-3-2-4-6-15)22-21(16-7-9-17(25)10-8-16)23(30)29(24(22)31)18-11-12-20(27)19(26)13-18/h2-13H,14H2,1H3. The van der Waals surface area contributed by atoms with E-state index in [9.17, 15) is 14.0 Å². The average Bonchev–Trinajstić information content (AvgIpc) is 3.02. The molecule has 0 aliphatic carbocycles. The van der Waals surface area contributed by atoms with E-state index in [1.54, 1.807) is 36.2 Å². The number of hydrogen-bond acceptors (Lipinski definition) is 3. The summed E-state index contributed by atoms with van der Waals surface area (Å²) >= 11 is 11.9. The van der Waals surface area contributed by atoms with Gasteiger partial charge in [-0.3, -0.25) is 9.59 Å². The first kappa shape index (κ1) is 21.1. The molecule has 0 atom stereocenters. The van der Waals surface area contributed by atoms with E-state index in [2.05, 4.69) is 0 Å². The van der Waals surface area contributed by atoms with E-state index in [0.717, 1.165) is 16.5 Å². The van der Waals surface area contributed by atoms with Gasteiger partial charge in [0.15, 0.2) is 0 Å². The highest BCUT2D eigenvalue weighted by Crippen LogP contribution is 2.36. The first-order valence-electron chi connectivity index (χ1n) is 9.46. The van der Waals surface area contributed by atoms with Crippen LogP contribution in [0.25, 0.3) is 5.57 Å². The fourth-order valence-corrected chi connectivity index (χ4v) is 3.84. The van der Waals surface area contributed by atoms with Crippen LogP contribution in [0.1, 0.15) is 11.1 Å². The van der Waals surface area contributed by atoms with Gasteiger partial charge in [-0.2, -0.15) is 0 Å². The molecule has 31 heavy (non-hydrogen) atoms. The highest BCUT2D eigenvalue weighted by Gasteiger charge is 2.41. The van der Waals surface area contributed by atoms with Crippen LogP contribution in [0.2, 0.25) is 10.0 Å². The highest BCUT2D eigenvalue weighted by molar-refractivity contribution is 6.45. The predicted molar refractivity (Wildman–Crippen MR) is 120 cm³/mol. The van der Waals surface area contributed by atoms with Gasteiger partial charge in [0.2, 0.25) is 0 Å². The largest absolute Gasteiger partial charge is 0.365 e. The van der Waals surface area contributed by atoms with E-state index in [0.29, 0.717) is 17.1 Å². The maximum Gasteiger partial charge on any atom is 0.282 e. The minimum absolute atomic E-state index is 0.169. The molecule has 2 amide bonds. The molecule has 3 aromatic rings. The van der Waals surface area contributed by atoms with Crippen molar-refractivity contribution in [2.24, 2.45) is 0 Å². The van der Waals surface area contributed by atoms with Crippen molar-refractivity contribution in [3.63, 3.8) is 0 Å². The quantitative estimate of drug-likeness (QED) is 0.474. The number of nitrogens with zero attached hydrogens (tertiary/aromatic N) is 2. The van der Waals surface area contributed by atoms with Gasteiger partial charge >= 0.3 is 0 Å². The molecular formula is C24H17Cl2FN2O2. The molecule has 0 spiro atoms. The number of rotatable bonds is 5. The van der Waals surface area contributed by atoms with Crippen LogP contribution in [0.15, 0.2) is 78.5 Å². The Bertz CT molecular complexity index is 1190. The van der Waals surface area contributed by atoms with Crippen LogP contribution < -0.4 is 4.90 Å². The summed E-state index contributed by atoms with van der Waals surface area (Å²) in [6.07, 6.45) is 0. The Hall–Kier alpha value is -3.15. The van der Waals surface area contributed by atoms with Crippen molar-refractivity contribution in [1.82, 2.24) is 4.90 Å². The molecule has 156 valence electrons. The highest BCUT2D eigenvalue weighted by atomic mass is 35.5. The van der Waals surface area contributed by atoms with Crippen LogP contribution in [0.5, 0.6) is 0 Å². The third-order valence-corrected chi connectivity index (χ3v) is 5.54. The van der Waals surface area contributed by atoms with Gasteiger partial charge in [-0.1, -0.05) is 65.7 Å². The summed E-state index contributed by atoms with van der Waals surface area (Å²) < 4.78 is 13.7. The number of anilines is 1. The van der Waals surface area contributed by atoms with Gasteiger partial charge in [-0.15, -0.1) is 0 Å². The predicted octanol–water partition coefficient (Wildman–Crippen LogP) is 5.55. The number of carbonyl (C=O) groups excluding carboxylic acids is 2. The van der Waals surface area contributed by atoms with E-state index >= 15 is 0 Å². The third kappa shape index (κ3) is 4.07. The summed E-state index contributed by atoms with van der Waals surface area (Å²) in [5, 5.41) is 0.347. The monoisotopic (exact) mass is 454 g/mol. The molecule has 1 aliphatic heterocycles.